The molecule has 1 aromatic carbocycles. The fourth-order valence-corrected chi connectivity index (χ4v) is 3.35. The summed E-state index contributed by atoms with van der Waals surface area (Å²) in [6, 6.07) is 10.0. The van der Waals surface area contributed by atoms with Gasteiger partial charge >= 0.3 is 5.69 Å². The summed E-state index contributed by atoms with van der Waals surface area (Å²) in [6.07, 6.45) is 5.07. The number of nitrogens with one attached hydrogen (secondary N) is 1. The Morgan fingerprint density at radius 1 is 1.27 bits per heavy atom. The Labute approximate surface area is 155 Å². The topological polar surface area (TPSA) is 81.3 Å². The third-order valence-electron chi connectivity index (χ3n) is 3.83. The van der Waals surface area contributed by atoms with E-state index in [1.165, 1.54) is 26.4 Å². The molecule has 1 N–H and O–H groups in total. The van der Waals surface area contributed by atoms with Crippen molar-refractivity contribution >= 4 is 23.3 Å². The number of hydrogen-bond acceptors (Lipinski definition) is 5. The molecule has 0 saturated carbocycles. The molecule has 2 aromatic heterocycles. The number of benzene rings is 1. The standard InChI is InChI=1S/C18H21N5O2S/c1-2-3-9-19-15(24)12-23-18(25)22-11-10-20-17(16(22)21-23)26-13-14-7-5-4-6-8-14/h4-8,10-11H,2-3,9,12-13H2,1H3,(H,19,24). The summed E-state index contributed by atoms with van der Waals surface area (Å²) in [5.41, 5.74) is 1.30. The maximum atomic E-state index is 12.5. The summed E-state index contributed by atoms with van der Waals surface area (Å²) in [5.74, 6) is 0.516. The number of fused-ring (bicyclic) bond motifs is 1. The molecule has 3 rings (SSSR count). The van der Waals surface area contributed by atoms with Gasteiger partial charge in [0.2, 0.25) is 5.91 Å². The van der Waals surface area contributed by atoms with Crippen LogP contribution in [0.25, 0.3) is 5.65 Å². The van der Waals surface area contributed by atoms with E-state index >= 15 is 0 Å². The van der Waals surface area contributed by atoms with Crippen molar-refractivity contribution in [1.29, 1.82) is 0 Å². The predicted molar refractivity (Wildman–Crippen MR) is 101 cm³/mol. The molecule has 2 heterocycles. The minimum atomic E-state index is -0.338. The van der Waals surface area contributed by atoms with Crippen LogP contribution in [0.1, 0.15) is 25.3 Å². The molecule has 8 heteroatoms. The molecule has 0 bridgehead atoms. The fourth-order valence-electron chi connectivity index (χ4n) is 2.45. The first-order valence-electron chi connectivity index (χ1n) is 8.56. The van der Waals surface area contributed by atoms with Gasteiger partial charge in [0.1, 0.15) is 11.6 Å². The molecule has 0 atom stereocenters. The molecule has 0 spiro atoms. The number of amides is 1. The third-order valence-corrected chi connectivity index (χ3v) is 4.87. The Morgan fingerprint density at radius 3 is 2.85 bits per heavy atom. The van der Waals surface area contributed by atoms with Crippen LogP contribution >= 0.6 is 11.8 Å². The van der Waals surface area contributed by atoms with Gasteiger partial charge in [0.25, 0.3) is 0 Å². The van der Waals surface area contributed by atoms with E-state index in [9.17, 15) is 9.59 Å². The van der Waals surface area contributed by atoms with Gasteiger partial charge in [0.05, 0.1) is 0 Å². The maximum absolute atomic E-state index is 12.5. The highest BCUT2D eigenvalue weighted by atomic mass is 32.2. The van der Waals surface area contributed by atoms with Gasteiger partial charge in [-0.1, -0.05) is 55.4 Å². The Balaban J connectivity index is 1.77. The average molecular weight is 371 g/mol. The highest BCUT2D eigenvalue weighted by molar-refractivity contribution is 7.98. The van der Waals surface area contributed by atoms with Gasteiger partial charge in [-0.2, -0.15) is 0 Å². The van der Waals surface area contributed by atoms with Crippen molar-refractivity contribution in [1.82, 2.24) is 24.5 Å². The molecule has 7 nitrogen and oxygen atoms in total. The molecule has 0 aliphatic carbocycles. The number of thioether (sulfide) groups is 1. The van der Waals surface area contributed by atoms with E-state index in [1.54, 1.807) is 12.4 Å². The first kappa shape index (κ1) is 18.2. The SMILES string of the molecule is CCCCNC(=O)Cn1nc2c(SCc3ccccc3)nccn2c1=O. The van der Waals surface area contributed by atoms with Crippen molar-refractivity contribution in [2.24, 2.45) is 0 Å². The zero-order valence-electron chi connectivity index (χ0n) is 14.6. The predicted octanol–water partition coefficient (Wildman–Crippen LogP) is 2.10. The molecule has 0 saturated heterocycles. The number of rotatable bonds is 8. The van der Waals surface area contributed by atoms with Crippen LogP contribution in [0.4, 0.5) is 0 Å². The fraction of sp³-hybridized carbons (Fsp3) is 0.333. The van der Waals surface area contributed by atoms with Crippen LogP contribution in [0.3, 0.4) is 0 Å². The van der Waals surface area contributed by atoms with Crippen molar-refractivity contribution in [3.8, 4) is 0 Å². The van der Waals surface area contributed by atoms with E-state index in [2.05, 4.69) is 22.3 Å². The lowest BCUT2D eigenvalue weighted by molar-refractivity contribution is -0.121. The lowest BCUT2D eigenvalue weighted by Crippen LogP contribution is -2.33. The summed E-state index contributed by atoms with van der Waals surface area (Å²) in [4.78, 5) is 28.8. The zero-order chi connectivity index (χ0) is 18.4. The second-order valence-electron chi connectivity index (χ2n) is 5.84. The molecule has 0 unspecified atom stereocenters. The van der Waals surface area contributed by atoms with E-state index in [1.807, 2.05) is 30.3 Å². The average Bonchev–Trinajstić information content (AvgIpc) is 2.97. The van der Waals surface area contributed by atoms with Crippen LogP contribution in [0.5, 0.6) is 0 Å². The van der Waals surface area contributed by atoms with Crippen molar-refractivity contribution in [3.05, 3.63) is 58.8 Å². The molecule has 0 fully saturated rings. The number of aromatic nitrogens is 4. The van der Waals surface area contributed by atoms with Gasteiger partial charge in [0, 0.05) is 24.7 Å². The molecule has 136 valence electrons. The molecule has 3 aromatic rings. The first-order valence-corrected chi connectivity index (χ1v) is 9.55. The highest BCUT2D eigenvalue weighted by Gasteiger charge is 2.14. The second-order valence-corrected chi connectivity index (χ2v) is 6.81. The summed E-state index contributed by atoms with van der Waals surface area (Å²) >= 11 is 1.51. The summed E-state index contributed by atoms with van der Waals surface area (Å²) in [5, 5.41) is 7.78. The van der Waals surface area contributed by atoms with Crippen LogP contribution < -0.4 is 11.0 Å². The van der Waals surface area contributed by atoms with Crippen molar-refractivity contribution in [3.63, 3.8) is 0 Å². The first-order chi connectivity index (χ1) is 12.7. The van der Waals surface area contributed by atoms with E-state index in [0.29, 0.717) is 17.2 Å². The van der Waals surface area contributed by atoms with Crippen LogP contribution in [0.15, 0.2) is 52.5 Å². The van der Waals surface area contributed by atoms with Crippen LogP contribution in [0, 0.1) is 0 Å². The molecule has 0 aliphatic heterocycles. The third kappa shape index (κ3) is 4.32. The summed E-state index contributed by atoms with van der Waals surface area (Å²) in [6.45, 7) is 2.57. The largest absolute Gasteiger partial charge is 0.354 e. The maximum Gasteiger partial charge on any atom is 0.350 e. The normalized spacial score (nSPS) is 11.0. The molecule has 0 radical (unpaired) electrons. The van der Waals surface area contributed by atoms with E-state index in [-0.39, 0.29) is 18.1 Å². The van der Waals surface area contributed by atoms with Crippen LogP contribution in [-0.2, 0) is 17.1 Å². The minimum Gasteiger partial charge on any atom is -0.354 e. The van der Waals surface area contributed by atoms with E-state index in [4.69, 9.17) is 0 Å². The molecule has 26 heavy (non-hydrogen) atoms. The van der Waals surface area contributed by atoms with Crippen molar-refractivity contribution < 1.29 is 4.79 Å². The smallest absolute Gasteiger partial charge is 0.350 e. The van der Waals surface area contributed by atoms with E-state index in [0.717, 1.165) is 18.6 Å². The van der Waals surface area contributed by atoms with Crippen LogP contribution in [0.2, 0.25) is 0 Å². The number of hydrogen-bond donors (Lipinski definition) is 1. The Bertz CT molecular complexity index is 936. The quantitative estimate of drug-likeness (QED) is 0.484. The van der Waals surface area contributed by atoms with Gasteiger partial charge in [-0.05, 0) is 12.0 Å². The van der Waals surface area contributed by atoms with Crippen molar-refractivity contribution in [2.45, 2.75) is 37.1 Å². The monoisotopic (exact) mass is 371 g/mol. The van der Waals surface area contributed by atoms with E-state index < -0.39 is 0 Å². The van der Waals surface area contributed by atoms with Crippen molar-refractivity contribution in [2.75, 3.05) is 6.54 Å². The van der Waals surface area contributed by atoms with Gasteiger partial charge in [-0.3, -0.25) is 4.79 Å². The number of unbranched alkanes of at least 4 members (excludes halogenated alkanes) is 1. The summed E-state index contributed by atoms with van der Waals surface area (Å²) in [7, 11) is 0. The minimum absolute atomic E-state index is 0.0903. The number of nitrogens with zero attached hydrogens (tertiary/aromatic N) is 4. The van der Waals surface area contributed by atoms with Gasteiger partial charge in [-0.25, -0.2) is 18.9 Å². The molecule has 1 amide bonds. The molecular weight excluding hydrogens is 350 g/mol. The molecule has 0 aliphatic rings. The molecular formula is C18H21N5O2S. The van der Waals surface area contributed by atoms with Gasteiger partial charge in [-0.15, -0.1) is 5.10 Å². The van der Waals surface area contributed by atoms with Crippen LogP contribution in [-0.4, -0.2) is 31.6 Å². The Hall–Kier alpha value is -2.61. The van der Waals surface area contributed by atoms with Gasteiger partial charge < -0.3 is 5.32 Å². The Kier molecular flexibility index (Phi) is 6.06. The lowest BCUT2D eigenvalue weighted by atomic mass is 10.2. The number of carbonyl (C=O) groups is 1. The Morgan fingerprint density at radius 2 is 2.08 bits per heavy atom. The lowest BCUT2D eigenvalue weighted by Gasteiger charge is -2.03. The second kappa shape index (κ2) is 8.66. The zero-order valence-corrected chi connectivity index (χ0v) is 15.4. The summed E-state index contributed by atoms with van der Waals surface area (Å²) < 4.78 is 2.62. The number of carbonyl (C=O) groups excluding carboxylic acids is 1. The highest BCUT2D eigenvalue weighted by Crippen LogP contribution is 2.23. The van der Waals surface area contributed by atoms with Gasteiger partial charge in [0.15, 0.2) is 5.65 Å².